The number of rotatable bonds is 5. The number of carbonyl (C=O) groups excluding carboxylic acids is 1. The van der Waals surface area contributed by atoms with Gasteiger partial charge in [0.1, 0.15) is 4.90 Å². The Bertz CT molecular complexity index is 1060. The van der Waals surface area contributed by atoms with Gasteiger partial charge >= 0.3 is 0 Å². The summed E-state index contributed by atoms with van der Waals surface area (Å²) in [6.07, 6.45) is 2.83. The molecule has 0 spiro atoms. The van der Waals surface area contributed by atoms with Crippen LogP contribution < -0.4 is 0 Å². The van der Waals surface area contributed by atoms with Gasteiger partial charge in [0.2, 0.25) is 15.9 Å². The van der Waals surface area contributed by atoms with E-state index < -0.39 is 14.9 Å². The summed E-state index contributed by atoms with van der Waals surface area (Å²) in [5.41, 5.74) is 0.477. The lowest BCUT2D eigenvalue weighted by molar-refractivity contribution is -0.384. The van der Waals surface area contributed by atoms with Crippen LogP contribution in [0.2, 0.25) is 5.02 Å². The quantitative estimate of drug-likeness (QED) is 0.408. The molecule has 0 bridgehead atoms. The summed E-state index contributed by atoms with van der Waals surface area (Å²) >= 11 is 6.02. The highest BCUT2D eigenvalue weighted by atomic mass is 35.5. The molecule has 1 aliphatic rings. The Morgan fingerprint density at radius 1 is 1.07 bits per heavy atom. The van der Waals surface area contributed by atoms with Crippen molar-refractivity contribution in [2.24, 2.45) is 0 Å². The molecule has 2 aromatic rings. The van der Waals surface area contributed by atoms with Crippen molar-refractivity contribution in [3.63, 3.8) is 0 Å². The molecular weight excluding hydrogens is 418 g/mol. The maximum absolute atomic E-state index is 12.8. The van der Waals surface area contributed by atoms with Crippen molar-refractivity contribution >= 4 is 39.3 Å². The van der Waals surface area contributed by atoms with E-state index in [4.69, 9.17) is 11.6 Å². The minimum absolute atomic E-state index is 0.0482. The number of nitrogens with zero attached hydrogens (tertiary/aromatic N) is 3. The van der Waals surface area contributed by atoms with Crippen molar-refractivity contribution < 1.29 is 18.1 Å². The van der Waals surface area contributed by atoms with Crippen LogP contribution in [-0.4, -0.2) is 54.6 Å². The number of nitro benzene ring substituents is 1. The first kappa shape index (κ1) is 21.0. The fourth-order valence-electron chi connectivity index (χ4n) is 2.96. The number of non-ortho nitro benzene ring substituents is 1. The lowest BCUT2D eigenvalue weighted by atomic mass is 10.2. The van der Waals surface area contributed by atoms with Crippen LogP contribution >= 0.6 is 11.6 Å². The lowest BCUT2D eigenvalue weighted by Crippen LogP contribution is -2.50. The number of hydrogen-bond donors (Lipinski definition) is 0. The molecule has 0 aromatic heterocycles. The van der Waals surface area contributed by atoms with Gasteiger partial charge in [-0.05, 0) is 23.8 Å². The van der Waals surface area contributed by atoms with E-state index >= 15 is 0 Å². The van der Waals surface area contributed by atoms with Crippen LogP contribution in [-0.2, 0) is 14.8 Å². The maximum Gasteiger partial charge on any atom is 0.270 e. The monoisotopic (exact) mass is 435 g/mol. The molecule has 2 aromatic carbocycles. The number of carbonyl (C=O) groups is 1. The molecule has 8 nitrogen and oxygen atoms in total. The zero-order valence-electron chi connectivity index (χ0n) is 15.3. The summed E-state index contributed by atoms with van der Waals surface area (Å²) in [5.74, 6) is -0.286. The number of hydrogen-bond acceptors (Lipinski definition) is 5. The van der Waals surface area contributed by atoms with Gasteiger partial charge in [0.25, 0.3) is 5.69 Å². The Morgan fingerprint density at radius 3 is 2.41 bits per heavy atom. The molecule has 1 fully saturated rings. The van der Waals surface area contributed by atoms with E-state index in [1.54, 1.807) is 24.3 Å². The maximum atomic E-state index is 12.8. The van der Waals surface area contributed by atoms with Crippen LogP contribution in [0.4, 0.5) is 5.69 Å². The highest BCUT2D eigenvalue weighted by molar-refractivity contribution is 7.89. The van der Waals surface area contributed by atoms with Gasteiger partial charge < -0.3 is 4.90 Å². The molecule has 3 rings (SSSR count). The van der Waals surface area contributed by atoms with E-state index in [9.17, 15) is 23.3 Å². The first-order chi connectivity index (χ1) is 13.8. The number of sulfonamides is 1. The number of amides is 1. The van der Waals surface area contributed by atoms with Gasteiger partial charge in [0, 0.05) is 44.4 Å². The number of nitro groups is 1. The molecule has 0 atom stereocenters. The zero-order chi connectivity index (χ0) is 21.0. The van der Waals surface area contributed by atoms with Crippen LogP contribution in [0.1, 0.15) is 5.56 Å². The molecule has 0 saturated carbocycles. The number of halogens is 1. The van der Waals surface area contributed by atoms with Crippen LogP contribution in [0.5, 0.6) is 0 Å². The first-order valence-electron chi connectivity index (χ1n) is 8.75. The van der Waals surface area contributed by atoms with Crippen molar-refractivity contribution in [1.29, 1.82) is 0 Å². The van der Waals surface area contributed by atoms with E-state index in [1.165, 1.54) is 45.6 Å². The van der Waals surface area contributed by atoms with Gasteiger partial charge in [0.15, 0.2) is 0 Å². The fraction of sp³-hybridized carbons (Fsp3) is 0.211. The fourth-order valence-corrected chi connectivity index (χ4v) is 4.87. The van der Waals surface area contributed by atoms with Crippen LogP contribution in [0, 0.1) is 10.1 Å². The largest absolute Gasteiger partial charge is 0.337 e. The molecule has 29 heavy (non-hydrogen) atoms. The number of benzene rings is 2. The molecule has 0 N–H and O–H groups in total. The highest BCUT2D eigenvalue weighted by Gasteiger charge is 2.30. The minimum Gasteiger partial charge on any atom is -0.337 e. The van der Waals surface area contributed by atoms with Gasteiger partial charge in [-0.1, -0.05) is 35.9 Å². The minimum atomic E-state index is -3.73. The Balaban J connectivity index is 1.63. The predicted octanol–water partition coefficient (Wildman–Crippen LogP) is 2.79. The lowest BCUT2D eigenvalue weighted by Gasteiger charge is -2.33. The molecule has 1 saturated heterocycles. The summed E-state index contributed by atoms with van der Waals surface area (Å²) in [4.78, 5) is 24.3. The van der Waals surface area contributed by atoms with Crippen LogP contribution in [0.3, 0.4) is 0 Å². The van der Waals surface area contributed by atoms with Crippen molar-refractivity contribution in [2.45, 2.75) is 4.90 Å². The molecule has 1 amide bonds. The van der Waals surface area contributed by atoms with Gasteiger partial charge in [0.05, 0.1) is 9.95 Å². The van der Waals surface area contributed by atoms with Gasteiger partial charge in [-0.15, -0.1) is 0 Å². The molecule has 1 heterocycles. The van der Waals surface area contributed by atoms with Gasteiger partial charge in [-0.2, -0.15) is 4.31 Å². The summed E-state index contributed by atoms with van der Waals surface area (Å²) in [5, 5.41) is 11.0. The predicted molar refractivity (Wildman–Crippen MR) is 109 cm³/mol. The van der Waals surface area contributed by atoms with Gasteiger partial charge in [-0.3, -0.25) is 14.9 Å². The Labute approximate surface area is 173 Å². The first-order valence-corrected chi connectivity index (χ1v) is 10.6. The van der Waals surface area contributed by atoms with Crippen molar-refractivity contribution in [3.8, 4) is 0 Å². The van der Waals surface area contributed by atoms with Crippen LogP contribution in [0.15, 0.2) is 59.5 Å². The Morgan fingerprint density at radius 2 is 1.76 bits per heavy atom. The highest BCUT2D eigenvalue weighted by Crippen LogP contribution is 2.25. The molecule has 1 aliphatic heterocycles. The van der Waals surface area contributed by atoms with E-state index in [-0.39, 0.29) is 47.7 Å². The summed E-state index contributed by atoms with van der Waals surface area (Å²) in [6.45, 7) is 0.789. The van der Waals surface area contributed by atoms with Crippen LogP contribution in [0.25, 0.3) is 6.08 Å². The normalized spacial score (nSPS) is 15.6. The second-order valence-corrected chi connectivity index (χ2v) is 8.66. The third-order valence-electron chi connectivity index (χ3n) is 4.50. The third kappa shape index (κ3) is 4.81. The molecular formula is C19H18ClN3O5S. The van der Waals surface area contributed by atoms with Gasteiger partial charge in [-0.25, -0.2) is 8.42 Å². The van der Waals surface area contributed by atoms with E-state index in [2.05, 4.69) is 0 Å². The average Bonchev–Trinajstić information content (AvgIpc) is 2.72. The molecule has 152 valence electrons. The molecule has 0 unspecified atom stereocenters. The van der Waals surface area contributed by atoms with E-state index in [1.807, 2.05) is 0 Å². The summed E-state index contributed by atoms with van der Waals surface area (Å²) in [6, 6.07) is 12.2. The Hall–Kier alpha value is -2.75. The summed E-state index contributed by atoms with van der Waals surface area (Å²) in [7, 11) is -3.73. The molecule has 0 aliphatic carbocycles. The summed E-state index contributed by atoms with van der Waals surface area (Å²) < 4.78 is 26.8. The van der Waals surface area contributed by atoms with Crippen molar-refractivity contribution in [1.82, 2.24) is 9.21 Å². The topological polar surface area (TPSA) is 101 Å². The van der Waals surface area contributed by atoms with Crippen molar-refractivity contribution in [3.05, 3.63) is 75.3 Å². The Kier molecular flexibility index (Phi) is 6.31. The second-order valence-electron chi connectivity index (χ2n) is 6.35. The van der Waals surface area contributed by atoms with Crippen molar-refractivity contribution in [2.75, 3.05) is 26.2 Å². The standard InChI is InChI=1S/C19H18ClN3O5S/c20-17-6-1-2-7-18(17)29(27,28)22-12-10-21(11-13-22)19(24)9-8-15-4-3-5-16(14-15)23(25)26/h1-9,14H,10-13H2/b9-8+. The zero-order valence-corrected chi connectivity index (χ0v) is 16.8. The number of piperazine rings is 1. The molecule has 10 heteroatoms. The van der Waals surface area contributed by atoms with E-state index in [0.29, 0.717) is 5.56 Å². The second kappa shape index (κ2) is 8.73. The smallest absolute Gasteiger partial charge is 0.270 e. The average molecular weight is 436 g/mol. The third-order valence-corrected chi connectivity index (χ3v) is 6.90. The SMILES string of the molecule is O=C(/C=C/c1cccc([N+](=O)[O-])c1)N1CCN(S(=O)(=O)c2ccccc2Cl)CC1. The molecule has 0 radical (unpaired) electrons. The van der Waals surface area contributed by atoms with E-state index in [0.717, 1.165) is 0 Å².